The third-order valence-corrected chi connectivity index (χ3v) is 12.5. The summed E-state index contributed by atoms with van der Waals surface area (Å²) in [5.74, 6) is 1.57. The van der Waals surface area contributed by atoms with Crippen molar-refractivity contribution in [2.75, 3.05) is 36.5 Å². The number of fused-ring (bicyclic) bond motifs is 5. The topological polar surface area (TPSA) is 165 Å². The lowest BCUT2D eigenvalue weighted by atomic mass is 9.63. The highest BCUT2D eigenvalue weighted by Crippen LogP contribution is 2.55. The maximum atomic E-state index is 14.5. The van der Waals surface area contributed by atoms with E-state index in [1.807, 2.05) is 11.6 Å². The average Bonchev–Trinajstić information content (AvgIpc) is 3.91. The summed E-state index contributed by atoms with van der Waals surface area (Å²) < 4.78 is 37.2. The fraction of sp³-hybridized carbons (Fsp3) is 0.500. The van der Waals surface area contributed by atoms with Crippen molar-refractivity contribution < 1.29 is 13.3 Å². The van der Waals surface area contributed by atoms with Crippen molar-refractivity contribution in [1.29, 1.82) is 5.26 Å². The first kappa shape index (κ1) is 33.5. The van der Waals surface area contributed by atoms with Crippen LogP contribution in [0, 0.1) is 11.3 Å². The molecule has 266 valence electrons. The third kappa shape index (κ3) is 5.33. The molecule has 1 aliphatic heterocycles. The van der Waals surface area contributed by atoms with Crippen molar-refractivity contribution in [1.82, 2.24) is 34.8 Å². The number of aryl methyl sites for hydroxylation is 1. The van der Waals surface area contributed by atoms with Crippen LogP contribution in [-0.4, -0.2) is 67.4 Å². The van der Waals surface area contributed by atoms with Crippen molar-refractivity contribution in [2.45, 2.75) is 95.2 Å². The molecule has 1 spiro atoms. The van der Waals surface area contributed by atoms with E-state index < -0.39 is 24.4 Å². The molecule has 8 rings (SSSR count). The van der Waals surface area contributed by atoms with E-state index >= 15 is 0 Å². The van der Waals surface area contributed by atoms with Gasteiger partial charge in [-0.15, -0.1) is 11.3 Å². The molecule has 1 fully saturated rings. The lowest BCUT2D eigenvalue weighted by Crippen LogP contribution is -2.35. The van der Waals surface area contributed by atoms with Crippen molar-refractivity contribution in [3.05, 3.63) is 57.4 Å². The van der Waals surface area contributed by atoms with Crippen LogP contribution in [0.4, 0.5) is 25.4 Å². The average molecular weight is 714 g/mol. The standard InChI is InChI=1S/C36H41F2N11OS/c1-19(21-9-6-14-42-31(21)40)48(18-27(37)38)34-24-17-43-49(20(2)25-10-7-15-47(25)3)35(24)45-33(44-34)29-22-8-4-12-36(30(22)50-46-29)13-5-11-26-28(36)23(16-39)32(41)51-26/h6,9,14,17,19-20,25,27H,4-5,7-8,10-13,15,18,41H2,1-3H3,(H2,40,42). The quantitative estimate of drug-likeness (QED) is 0.182. The van der Waals surface area contributed by atoms with Crippen LogP contribution in [0.3, 0.4) is 0 Å². The Hall–Kier alpha value is -4.68. The van der Waals surface area contributed by atoms with E-state index in [1.54, 1.807) is 29.4 Å². The number of alkyl halides is 2. The summed E-state index contributed by atoms with van der Waals surface area (Å²) in [6.07, 6.45) is 7.61. The van der Waals surface area contributed by atoms with Gasteiger partial charge in [-0.3, -0.25) is 0 Å². The number of nitrogens with two attached hydrogens (primary N) is 2. The SMILES string of the molecule is CC(c1cccnc1N)N(CC(F)F)c1nc(-c2noc3c2CCCC32CCCc3sc(N)c(C#N)c32)nc2c1cnn2C(C)C1CCCN1C. The summed E-state index contributed by atoms with van der Waals surface area (Å²) in [4.78, 5) is 19.4. The number of likely N-dealkylation sites (tertiary alicyclic amines) is 1. The number of hydrogen-bond donors (Lipinski definition) is 2. The minimum Gasteiger partial charge on any atom is -0.389 e. The van der Waals surface area contributed by atoms with Gasteiger partial charge in [0.25, 0.3) is 6.43 Å². The number of aromatic nitrogens is 6. The van der Waals surface area contributed by atoms with Gasteiger partial charge in [0.05, 0.1) is 41.2 Å². The summed E-state index contributed by atoms with van der Waals surface area (Å²) >= 11 is 1.49. The number of likely N-dealkylation sites (N-methyl/N-ethyl adjacent to an activating group) is 1. The van der Waals surface area contributed by atoms with Crippen LogP contribution in [0.5, 0.6) is 0 Å². The molecule has 4 atom stereocenters. The maximum absolute atomic E-state index is 14.5. The van der Waals surface area contributed by atoms with Crippen LogP contribution < -0.4 is 16.4 Å². The minimum absolute atomic E-state index is 0.0517. The smallest absolute Gasteiger partial charge is 0.255 e. The molecule has 15 heteroatoms. The molecule has 4 unspecified atom stereocenters. The first-order chi connectivity index (χ1) is 24.6. The Kier molecular flexibility index (Phi) is 8.41. The molecule has 4 N–H and O–H groups in total. The molecule has 0 radical (unpaired) electrons. The van der Waals surface area contributed by atoms with Crippen LogP contribution in [0.2, 0.25) is 0 Å². The third-order valence-electron chi connectivity index (χ3n) is 11.4. The minimum atomic E-state index is -2.67. The van der Waals surface area contributed by atoms with Gasteiger partial charge < -0.3 is 25.8 Å². The first-order valence-electron chi connectivity index (χ1n) is 17.6. The number of halogens is 2. The highest BCUT2D eigenvalue weighted by atomic mass is 32.1. The van der Waals surface area contributed by atoms with E-state index in [0.717, 1.165) is 73.3 Å². The predicted octanol–water partition coefficient (Wildman–Crippen LogP) is 6.42. The summed E-state index contributed by atoms with van der Waals surface area (Å²) in [6.45, 7) is 4.33. The van der Waals surface area contributed by atoms with Crippen molar-refractivity contribution in [3.63, 3.8) is 0 Å². The first-order valence-corrected chi connectivity index (χ1v) is 18.5. The van der Waals surface area contributed by atoms with E-state index in [1.165, 1.54) is 11.3 Å². The van der Waals surface area contributed by atoms with Crippen LogP contribution >= 0.6 is 11.3 Å². The number of anilines is 3. The lowest BCUT2D eigenvalue weighted by molar-refractivity contribution is 0.152. The molecule has 3 aliphatic rings. The molecule has 5 aromatic rings. The second kappa shape index (κ2) is 12.8. The summed E-state index contributed by atoms with van der Waals surface area (Å²) in [7, 11) is 2.11. The molecule has 6 heterocycles. The molecule has 1 saturated heterocycles. The van der Waals surface area contributed by atoms with Gasteiger partial charge in [-0.05, 0) is 90.4 Å². The van der Waals surface area contributed by atoms with Crippen LogP contribution in [0.15, 0.2) is 29.0 Å². The molecule has 12 nitrogen and oxygen atoms in total. The molecular formula is C36H41F2N11OS. The number of hydrogen-bond acceptors (Lipinski definition) is 12. The number of pyridine rings is 1. The predicted molar refractivity (Wildman–Crippen MR) is 192 cm³/mol. The fourth-order valence-electron chi connectivity index (χ4n) is 8.99. The molecule has 5 aromatic heterocycles. The van der Waals surface area contributed by atoms with Gasteiger partial charge >= 0.3 is 0 Å². The zero-order valence-corrected chi connectivity index (χ0v) is 29.8. The van der Waals surface area contributed by atoms with Gasteiger partial charge in [0.1, 0.15) is 22.7 Å². The molecular weight excluding hydrogens is 673 g/mol. The van der Waals surface area contributed by atoms with E-state index in [-0.39, 0.29) is 23.7 Å². The number of rotatable bonds is 8. The second-order valence-corrected chi connectivity index (χ2v) is 15.3. The van der Waals surface area contributed by atoms with Gasteiger partial charge in [0, 0.05) is 28.2 Å². The Morgan fingerprint density at radius 3 is 2.71 bits per heavy atom. The van der Waals surface area contributed by atoms with Crippen molar-refractivity contribution >= 4 is 39.0 Å². The molecule has 0 bridgehead atoms. The highest BCUT2D eigenvalue weighted by Gasteiger charge is 2.49. The molecule has 51 heavy (non-hydrogen) atoms. The summed E-state index contributed by atoms with van der Waals surface area (Å²) in [6, 6.07) is 5.49. The number of nitrogens with zero attached hydrogens (tertiary/aromatic N) is 9. The molecule has 0 amide bonds. The monoisotopic (exact) mass is 713 g/mol. The van der Waals surface area contributed by atoms with E-state index in [2.05, 4.69) is 35.1 Å². The Labute approximate surface area is 298 Å². The van der Waals surface area contributed by atoms with Crippen LogP contribution in [0.25, 0.3) is 22.6 Å². The second-order valence-electron chi connectivity index (χ2n) is 14.2. The molecule has 0 aromatic carbocycles. The number of nitrogen functional groups attached to an aromatic ring is 2. The number of nitriles is 1. The maximum Gasteiger partial charge on any atom is 0.255 e. The Morgan fingerprint density at radius 1 is 1.18 bits per heavy atom. The van der Waals surface area contributed by atoms with Crippen molar-refractivity contribution in [3.8, 4) is 17.6 Å². The van der Waals surface area contributed by atoms with Gasteiger partial charge in [-0.2, -0.15) is 10.4 Å². The highest BCUT2D eigenvalue weighted by molar-refractivity contribution is 7.16. The zero-order chi connectivity index (χ0) is 35.6. The molecule has 2 aliphatic carbocycles. The fourth-order valence-corrected chi connectivity index (χ4v) is 10.1. The summed E-state index contributed by atoms with van der Waals surface area (Å²) in [5.41, 5.74) is 16.1. The van der Waals surface area contributed by atoms with E-state index in [4.69, 9.17) is 31.1 Å². The summed E-state index contributed by atoms with van der Waals surface area (Å²) in [5, 5.41) is 20.7. The van der Waals surface area contributed by atoms with Gasteiger partial charge in [-0.25, -0.2) is 28.4 Å². The normalized spacial score (nSPS) is 21.5. The van der Waals surface area contributed by atoms with E-state index in [9.17, 15) is 14.0 Å². The van der Waals surface area contributed by atoms with Crippen LogP contribution in [-0.2, 0) is 18.3 Å². The van der Waals surface area contributed by atoms with Gasteiger partial charge in [0.2, 0.25) is 0 Å². The van der Waals surface area contributed by atoms with Gasteiger partial charge in [0.15, 0.2) is 22.9 Å². The Morgan fingerprint density at radius 2 is 1.98 bits per heavy atom. The zero-order valence-electron chi connectivity index (χ0n) is 28.9. The largest absolute Gasteiger partial charge is 0.389 e. The lowest BCUT2D eigenvalue weighted by Gasteiger charge is -2.39. The van der Waals surface area contributed by atoms with Crippen LogP contribution in [0.1, 0.15) is 97.3 Å². The molecule has 0 saturated carbocycles. The van der Waals surface area contributed by atoms with Crippen molar-refractivity contribution in [2.24, 2.45) is 0 Å². The number of thiophene rings is 1. The van der Waals surface area contributed by atoms with E-state index in [0.29, 0.717) is 45.1 Å². The van der Waals surface area contributed by atoms with Gasteiger partial charge in [-0.1, -0.05) is 11.2 Å². The Balaban J connectivity index is 1.33. The Bertz CT molecular complexity index is 2150.